The van der Waals surface area contributed by atoms with Gasteiger partial charge >= 0.3 is 0 Å². The minimum atomic E-state index is -0.163. The summed E-state index contributed by atoms with van der Waals surface area (Å²) in [6, 6.07) is 6.90. The number of rotatable bonds is 6. The molecular weight excluding hydrogens is 318 g/mol. The fourth-order valence-electron chi connectivity index (χ4n) is 2.44. The molecule has 6 nitrogen and oxygen atoms in total. The molecule has 1 N–H and O–H groups in total. The van der Waals surface area contributed by atoms with Crippen molar-refractivity contribution in [3.8, 4) is 5.75 Å². The molecule has 0 bridgehead atoms. The van der Waals surface area contributed by atoms with Gasteiger partial charge in [0.2, 0.25) is 0 Å². The van der Waals surface area contributed by atoms with Gasteiger partial charge in [-0.05, 0) is 24.3 Å². The van der Waals surface area contributed by atoms with Gasteiger partial charge in [-0.3, -0.25) is 9.48 Å². The maximum Gasteiger partial charge on any atom is 0.258 e. The fourth-order valence-corrected chi connectivity index (χ4v) is 2.56. The zero-order valence-electron chi connectivity index (χ0n) is 12.6. The highest BCUT2D eigenvalue weighted by Crippen LogP contribution is 2.16. The second-order valence-corrected chi connectivity index (χ2v) is 5.67. The molecule has 1 aromatic heterocycles. The van der Waals surface area contributed by atoms with E-state index in [0.717, 1.165) is 18.6 Å². The number of hydrogen-bond donors (Lipinski definition) is 1. The van der Waals surface area contributed by atoms with Crippen molar-refractivity contribution < 1.29 is 14.3 Å². The predicted octanol–water partition coefficient (Wildman–Crippen LogP) is 1.80. The lowest BCUT2D eigenvalue weighted by Gasteiger charge is -2.14. The molecule has 1 amide bonds. The first-order valence-electron chi connectivity index (χ1n) is 7.49. The first-order chi connectivity index (χ1) is 11.2. The number of benzene rings is 1. The van der Waals surface area contributed by atoms with Gasteiger partial charge in [-0.1, -0.05) is 11.6 Å². The molecular formula is C16H18ClN3O3. The Hall–Kier alpha value is -2.05. The quantitative estimate of drug-likeness (QED) is 0.874. The third kappa shape index (κ3) is 4.24. The second-order valence-electron chi connectivity index (χ2n) is 5.23. The third-order valence-corrected chi connectivity index (χ3v) is 3.86. The van der Waals surface area contributed by atoms with Gasteiger partial charge in [0, 0.05) is 29.2 Å². The molecule has 2 aromatic rings. The van der Waals surface area contributed by atoms with Crippen molar-refractivity contribution in [2.75, 3.05) is 19.8 Å². The van der Waals surface area contributed by atoms with Gasteiger partial charge in [0.05, 0.1) is 26.0 Å². The molecule has 1 aliphatic heterocycles. The highest BCUT2D eigenvalue weighted by atomic mass is 35.5. The van der Waals surface area contributed by atoms with Gasteiger partial charge in [0.15, 0.2) is 6.61 Å². The van der Waals surface area contributed by atoms with Crippen LogP contribution >= 0.6 is 11.6 Å². The Labute approximate surface area is 139 Å². The molecule has 0 radical (unpaired) electrons. The zero-order chi connectivity index (χ0) is 16.1. The van der Waals surface area contributed by atoms with Crippen molar-refractivity contribution in [2.24, 2.45) is 0 Å². The normalized spacial score (nSPS) is 13.4. The number of hydrogen-bond acceptors (Lipinski definition) is 4. The van der Waals surface area contributed by atoms with Crippen molar-refractivity contribution in [1.82, 2.24) is 15.1 Å². The Morgan fingerprint density at radius 3 is 3.04 bits per heavy atom. The molecule has 2 heterocycles. The molecule has 23 heavy (non-hydrogen) atoms. The van der Waals surface area contributed by atoms with Gasteiger partial charge in [-0.25, -0.2) is 0 Å². The van der Waals surface area contributed by atoms with Gasteiger partial charge in [-0.15, -0.1) is 0 Å². The van der Waals surface area contributed by atoms with Gasteiger partial charge < -0.3 is 14.8 Å². The van der Waals surface area contributed by atoms with Crippen LogP contribution in [0.1, 0.15) is 11.3 Å². The summed E-state index contributed by atoms with van der Waals surface area (Å²) in [6.07, 6.45) is 2.70. The Kier molecular flexibility index (Phi) is 5.15. The highest BCUT2D eigenvalue weighted by Gasteiger charge is 2.15. The number of amides is 1. The number of carbonyl (C=O) groups is 1. The smallest absolute Gasteiger partial charge is 0.258 e. The summed E-state index contributed by atoms with van der Waals surface area (Å²) in [7, 11) is 0. The van der Waals surface area contributed by atoms with Crippen LogP contribution in [0.4, 0.5) is 0 Å². The molecule has 0 atom stereocenters. The van der Waals surface area contributed by atoms with E-state index in [4.69, 9.17) is 21.1 Å². The first-order valence-corrected chi connectivity index (χ1v) is 7.86. The van der Waals surface area contributed by atoms with Crippen molar-refractivity contribution in [3.63, 3.8) is 0 Å². The van der Waals surface area contributed by atoms with E-state index < -0.39 is 0 Å². The summed E-state index contributed by atoms with van der Waals surface area (Å²) < 4.78 is 12.7. The van der Waals surface area contributed by atoms with E-state index in [1.54, 1.807) is 24.3 Å². The first kappa shape index (κ1) is 15.8. The summed E-state index contributed by atoms with van der Waals surface area (Å²) >= 11 is 5.79. The third-order valence-electron chi connectivity index (χ3n) is 3.61. The molecule has 0 aliphatic carbocycles. The molecule has 0 spiro atoms. The lowest BCUT2D eigenvalue weighted by atomic mass is 10.2. The van der Waals surface area contributed by atoms with Gasteiger partial charge in [-0.2, -0.15) is 5.10 Å². The van der Waals surface area contributed by atoms with E-state index in [9.17, 15) is 4.79 Å². The number of ether oxygens (including phenoxy) is 2. The van der Waals surface area contributed by atoms with E-state index in [0.29, 0.717) is 30.5 Å². The molecule has 0 saturated heterocycles. The maximum absolute atomic E-state index is 11.8. The fraction of sp³-hybridized carbons (Fsp3) is 0.375. The number of carbonyl (C=O) groups excluding carboxylic acids is 1. The molecule has 0 unspecified atom stereocenters. The zero-order valence-corrected chi connectivity index (χ0v) is 13.4. The monoisotopic (exact) mass is 335 g/mol. The Morgan fingerprint density at radius 2 is 2.22 bits per heavy atom. The van der Waals surface area contributed by atoms with Crippen LogP contribution in [0.3, 0.4) is 0 Å². The SMILES string of the molecule is O=C(COc1ccc(Cl)cc1)NCCn1ncc2c1CCOC2. The molecule has 0 saturated carbocycles. The van der Waals surface area contributed by atoms with E-state index in [1.807, 2.05) is 10.9 Å². The summed E-state index contributed by atoms with van der Waals surface area (Å²) in [5.74, 6) is 0.454. The van der Waals surface area contributed by atoms with Crippen LogP contribution in [0.2, 0.25) is 5.02 Å². The molecule has 1 aromatic carbocycles. The van der Waals surface area contributed by atoms with Crippen LogP contribution < -0.4 is 10.1 Å². The maximum atomic E-state index is 11.8. The standard InChI is InChI=1S/C16H18ClN3O3/c17-13-1-3-14(4-2-13)23-11-16(21)18-6-7-20-15-5-8-22-10-12(15)9-19-20/h1-4,9H,5-8,10-11H2,(H,18,21). The lowest BCUT2D eigenvalue weighted by Crippen LogP contribution is -2.32. The lowest BCUT2D eigenvalue weighted by molar-refractivity contribution is -0.123. The number of nitrogens with zero attached hydrogens (tertiary/aromatic N) is 2. The average Bonchev–Trinajstić information content (AvgIpc) is 2.98. The molecule has 1 aliphatic rings. The summed E-state index contributed by atoms with van der Waals surface area (Å²) in [5.41, 5.74) is 2.33. The van der Waals surface area contributed by atoms with Crippen molar-refractivity contribution in [1.29, 1.82) is 0 Å². The van der Waals surface area contributed by atoms with E-state index in [2.05, 4.69) is 10.4 Å². The molecule has 7 heteroatoms. The van der Waals surface area contributed by atoms with Crippen molar-refractivity contribution >= 4 is 17.5 Å². The minimum Gasteiger partial charge on any atom is -0.484 e. The number of halogens is 1. The number of aromatic nitrogens is 2. The largest absolute Gasteiger partial charge is 0.484 e. The average molecular weight is 336 g/mol. The van der Waals surface area contributed by atoms with Gasteiger partial charge in [0.1, 0.15) is 5.75 Å². The highest BCUT2D eigenvalue weighted by molar-refractivity contribution is 6.30. The van der Waals surface area contributed by atoms with Crippen LogP contribution in [0.5, 0.6) is 5.75 Å². The summed E-state index contributed by atoms with van der Waals surface area (Å²) in [4.78, 5) is 11.8. The Morgan fingerprint density at radius 1 is 1.39 bits per heavy atom. The Balaban J connectivity index is 1.41. The predicted molar refractivity (Wildman–Crippen MR) is 85.5 cm³/mol. The van der Waals surface area contributed by atoms with Crippen LogP contribution in [0.25, 0.3) is 0 Å². The van der Waals surface area contributed by atoms with Gasteiger partial charge in [0.25, 0.3) is 5.91 Å². The second kappa shape index (κ2) is 7.48. The Bertz CT molecular complexity index is 670. The number of nitrogens with one attached hydrogen (secondary N) is 1. The minimum absolute atomic E-state index is 0.0211. The number of fused-ring (bicyclic) bond motifs is 1. The van der Waals surface area contributed by atoms with Crippen LogP contribution in [-0.2, 0) is 29.1 Å². The molecule has 122 valence electrons. The summed E-state index contributed by atoms with van der Waals surface area (Å²) in [6.45, 7) is 2.48. The topological polar surface area (TPSA) is 65.4 Å². The summed E-state index contributed by atoms with van der Waals surface area (Å²) in [5, 5.41) is 7.80. The van der Waals surface area contributed by atoms with Crippen LogP contribution in [-0.4, -0.2) is 35.4 Å². The molecule has 0 fully saturated rings. The van der Waals surface area contributed by atoms with E-state index in [1.165, 1.54) is 5.69 Å². The van der Waals surface area contributed by atoms with Crippen LogP contribution in [0.15, 0.2) is 30.5 Å². The van der Waals surface area contributed by atoms with E-state index >= 15 is 0 Å². The van der Waals surface area contributed by atoms with Crippen molar-refractivity contribution in [3.05, 3.63) is 46.7 Å². The molecule has 3 rings (SSSR count). The van der Waals surface area contributed by atoms with Crippen LogP contribution in [0, 0.1) is 0 Å². The van der Waals surface area contributed by atoms with Crippen molar-refractivity contribution in [2.45, 2.75) is 19.6 Å². The van der Waals surface area contributed by atoms with E-state index in [-0.39, 0.29) is 12.5 Å².